The maximum absolute atomic E-state index is 13.1. The number of ether oxygens (including phenoxy) is 2. The predicted molar refractivity (Wildman–Crippen MR) is 137 cm³/mol. The highest BCUT2D eigenvalue weighted by Gasteiger charge is 2.31. The minimum absolute atomic E-state index is 0. The number of fused-ring (bicyclic) bond motifs is 1. The Balaban J connectivity index is 0.00000400. The number of rotatable bonds is 6. The lowest BCUT2D eigenvalue weighted by molar-refractivity contribution is -0.0000390. The number of esters is 1. The highest BCUT2D eigenvalue weighted by molar-refractivity contribution is 7.89. The van der Waals surface area contributed by atoms with E-state index in [2.05, 4.69) is 10.2 Å². The Hall–Kier alpha value is -2.71. The summed E-state index contributed by atoms with van der Waals surface area (Å²) in [5.41, 5.74) is 1.53. The summed E-state index contributed by atoms with van der Waals surface area (Å²) < 4.78 is 37.4. The minimum atomic E-state index is -3.79. The van der Waals surface area contributed by atoms with Crippen LogP contribution in [0.15, 0.2) is 29.2 Å². The molecule has 4 rings (SSSR count). The molecular formula is C24H30ClN4O7S2-. The maximum atomic E-state index is 13.1. The molecule has 208 valence electrons. The van der Waals surface area contributed by atoms with Gasteiger partial charge in [0.15, 0.2) is 0 Å². The van der Waals surface area contributed by atoms with Crippen molar-refractivity contribution in [3.63, 3.8) is 0 Å². The molecular weight excluding hydrogens is 556 g/mol. The van der Waals surface area contributed by atoms with Crippen molar-refractivity contribution in [1.82, 2.24) is 14.1 Å². The van der Waals surface area contributed by atoms with Crippen molar-refractivity contribution in [1.29, 1.82) is 0 Å². The molecule has 1 saturated heterocycles. The van der Waals surface area contributed by atoms with Gasteiger partial charge in [-0.05, 0) is 50.2 Å². The number of carbonyl (C=O) groups excluding carboxylic acids is 3. The number of likely N-dealkylation sites (N-methyl/N-ethyl adjacent to an activating group) is 1. The van der Waals surface area contributed by atoms with Crippen LogP contribution in [0.2, 0.25) is 0 Å². The molecule has 0 aliphatic carbocycles. The lowest BCUT2D eigenvalue weighted by atomic mass is 10.0. The van der Waals surface area contributed by atoms with Crippen molar-refractivity contribution in [2.75, 3.05) is 58.8 Å². The summed E-state index contributed by atoms with van der Waals surface area (Å²) in [6.07, 6.45) is 0.229. The lowest BCUT2D eigenvalue weighted by Crippen LogP contribution is -3.00. The van der Waals surface area contributed by atoms with E-state index in [1.54, 1.807) is 6.92 Å². The first kappa shape index (κ1) is 29.8. The number of methoxy groups -OCH3 is 1. The smallest absolute Gasteiger partial charge is 0.409 e. The van der Waals surface area contributed by atoms with Crippen LogP contribution in [0.25, 0.3) is 0 Å². The summed E-state index contributed by atoms with van der Waals surface area (Å²) in [4.78, 5) is 42.0. The van der Waals surface area contributed by atoms with Gasteiger partial charge < -0.3 is 37.0 Å². The van der Waals surface area contributed by atoms with Gasteiger partial charge in [-0.15, -0.1) is 11.3 Å². The van der Waals surface area contributed by atoms with Gasteiger partial charge in [-0.3, -0.25) is 4.79 Å². The molecule has 1 aromatic carbocycles. The predicted octanol–water partition coefficient (Wildman–Crippen LogP) is -0.758. The molecule has 14 heteroatoms. The molecule has 2 aliphatic rings. The summed E-state index contributed by atoms with van der Waals surface area (Å²) in [6.45, 7) is 4.23. The zero-order valence-corrected chi connectivity index (χ0v) is 23.7. The van der Waals surface area contributed by atoms with E-state index in [0.29, 0.717) is 23.5 Å². The number of nitrogens with one attached hydrogen (secondary N) is 1. The number of halogens is 1. The number of carbonyl (C=O) groups is 3. The van der Waals surface area contributed by atoms with E-state index in [9.17, 15) is 22.8 Å². The second kappa shape index (κ2) is 12.4. The van der Waals surface area contributed by atoms with Gasteiger partial charge in [0.1, 0.15) is 5.00 Å². The number of hydrogen-bond donors (Lipinski definition) is 1. The van der Waals surface area contributed by atoms with Crippen molar-refractivity contribution in [2.24, 2.45) is 0 Å². The average Bonchev–Trinajstić information content (AvgIpc) is 3.25. The molecule has 3 heterocycles. The largest absolute Gasteiger partial charge is 1.00 e. The number of benzene rings is 1. The van der Waals surface area contributed by atoms with Crippen molar-refractivity contribution in [2.45, 2.75) is 24.8 Å². The van der Waals surface area contributed by atoms with Crippen LogP contribution in [0.5, 0.6) is 0 Å². The molecule has 0 spiro atoms. The average molecular weight is 586 g/mol. The molecule has 1 fully saturated rings. The molecule has 2 aliphatic heterocycles. The van der Waals surface area contributed by atoms with Gasteiger partial charge in [0.2, 0.25) is 10.0 Å². The molecule has 11 nitrogen and oxygen atoms in total. The van der Waals surface area contributed by atoms with E-state index < -0.39 is 28.0 Å². The number of piperazine rings is 1. The van der Waals surface area contributed by atoms with Crippen LogP contribution in [0.1, 0.15) is 38.1 Å². The van der Waals surface area contributed by atoms with E-state index >= 15 is 0 Å². The molecule has 0 radical (unpaired) electrons. The zero-order chi connectivity index (χ0) is 26.7. The Morgan fingerprint density at radius 1 is 1.05 bits per heavy atom. The minimum Gasteiger partial charge on any atom is -1.00 e. The highest BCUT2D eigenvalue weighted by Crippen LogP contribution is 2.37. The second-order valence-corrected chi connectivity index (χ2v) is 11.8. The van der Waals surface area contributed by atoms with Crippen LogP contribution in [-0.4, -0.2) is 94.0 Å². The quantitative estimate of drug-likeness (QED) is 0.439. The number of thiophene rings is 1. The first-order valence-corrected chi connectivity index (χ1v) is 14.2. The summed E-state index contributed by atoms with van der Waals surface area (Å²) in [6, 6.07) is 5.65. The van der Waals surface area contributed by atoms with Crippen LogP contribution in [0.4, 0.5) is 9.80 Å². The van der Waals surface area contributed by atoms with Crippen LogP contribution in [0.3, 0.4) is 0 Å². The third kappa shape index (κ3) is 6.12. The van der Waals surface area contributed by atoms with Gasteiger partial charge >= 0.3 is 12.1 Å². The van der Waals surface area contributed by atoms with Crippen LogP contribution in [-0.2, 0) is 32.5 Å². The topological polar surface area (TPSA) is 126 Å². The van der Waals surface area contributed by atoms with Gasteiger partial charge in [0.05, 0.1) is 24.2 Å². The molecule has 0 unspecified atom stereocenters. The number of sulfonamides is 1. The molecule has 0 bridgehead atoms. The molecule has 38 heavy (non-hydrogen) atoms. The Kier molecular flexibility index (Phi) is 9.76. The molecule has 2 amide bonds. The van der Waals surface area contributed by atoms with Crippen molar-refractivity contribution >= 4 is 44.3 Å². The fourth-order valence-electron chi connectivity index (χ4n) is 4.37. The number of nitrogens with zero attached hydrogens (tertiary/aromatic N) is 3. The van der Waals surface area contributed by atoms with E-state index in [0.717, 1.165) is 17.0 Å². The molecule has 2 aromatic rings. The number of hydrogen-bond acceptors (Lipinski definition) is 9. The summed E-state index contributed by atoms with van der Waals surface area (Å²) in [7, 11) is -0.491. The molecule has 0 saturated carbocycles. The zero-order valence-electron chi connectivity index (χ0n) is 21.4. The van der Waals surface area contributed by atoms with E-state index in [-0.39, 0.29) is 55.7 Å². The molecule has 1 N–H and O–H groups in total. The van der Waals surface area contributed by atoms with E-state index in [4.69, 9.17) is 9.47 Å². The maximum Gasteiger partial charge on any atom is 0.409 e. The van der Waals surface area contributed by atoms with Gasteiger partial charge in [-0.1, -0.05) is 0 Å². The van der Waals surface area contributed by atoms with Crippen molar-refractivity contribution < 1.29 is 44.7 Å². The van der Waals surface area contributed by atoms with E-state index in [1.165, 1.54) is 51.9 Å². The monoisotopic (exact) mass is 585 g/mol. The Bertz CT molecular complexity index is 1290. The normalized spacial score (nSPS) is 16.2. The van der Waals surface area contributed by atoms with Crippen molar-refractivity contribution in [3.05, 3.63) is 45.8 Å². The summed E-state index contributed by atoms with van der Waals surface area (Å²) in [5.74, 6) is -0.953. The Morgan fingerprint density at radius 3 is 2.32 bits per heavy atom. The van der Waals surface area contributed by atoms with Crippen molar-refractivity contribution in [3.8, 4) is 0 Å². The fourth-order valence-corrected chi connectivity index (χ4v) is 7.10. The van der Waals surface area contributed by atoms with Crippen LogP contribution < -0.4 is 17.7 Å². The third-order valence-corrected chi connectivity index (χ3v) is 9.43. The first-order valence-electron chi connectivity index (χ1n) is 11.9. The SMILES string of the molecule is CCOC(=O)N1CCN(S(=O)(=O)c2ccc(C(=O)Nc3sc4c(c3C(=O)OC)CCN(C)C4)cc2)CC1.[Cl-]. The Morgan fingerprint density at radius 2 is 1.71 bits per heavy atom. The van der Waals surface area contributed by atoms with Gasteiger partial charge in [0.25, 0.3) is 5.91 Å². The Labute approximate surface area is 232 Å². The molecule has 0 atom stereocenters. The lowest BCUT2D eigenvalue weighted by Gasteiger charge is -2.33. The first-order chi connectivity index (χ1) is 17.6. The van der Waals surface area contributed by atoms with Gasteiger partial charge in [-0.2, -0.15) is 4.31 Å². The molecule has 1 aromatic heterocycles. The summed E-state index contributed by atoms with van der Waals surface area (Å²) in [5, 5.41) is 3.24. The standard InChI is InChI=1S/C24H30N4O7S2.ClH/c1-4-35-24(31)27-11-13-28(14-12-27)37(32,33)17-7-5-16(6-8-17)21(29)25-22-20(23(30)34-3)18-9-10-26(2)15-19(18)36-22;/h5-8H,4,9-15H2,1-3H3,(H,25,29);1H/p-1. The van der Waals surface area contributed by atoms with Crippen LogP contribution >= 0.6 is 11.3 Å². The second-order valence-electron chi connectivity index (χ2n) is 8.76. The van der Waals surface area contributed by atoms with Gasteiger partial charge in [0, 0.05) is 49.7 Å². The third-order valence-electron chi connectivity index (χ3n) is 6.38. The van der Waals surface area contributed by atoms with E-state index in [1.807, 2.05) is 7.05 Å². The number of anilines is 1. The van der Waals surface area contributed by atoms with Crippen LogP contribution in [0, 0.1) is 0 Å². The number of amides is 2. The highest BCUT2D eigenvalue weighted by atomic mass is 35.5. The summed E-state index contributed by atoms with van der Waals surface area (Å²) >= 11 is 1.35. The van der Waals surface area contributed by atoms with Gasteiger partial charge in [-0.25, -0.2) is 18.0 Å². The fraction of sp³-hybridized carbons (Fsp3) is 0.458.